The van der Waals surface area contributed by atoms with E-state index in [9.17, 15) is 0 Å². The lowest BCUT2D eigenvalue weighted by Gasteiger charge is -2.28. The first-order chi connectivity index (χ1) is 29.4. The summed E-state index contributed by atoms with van der Waals surface area (Å²) in [4.78, 5) is 4.75. The Labute approximate surface area is 354 Å². The zero-order chi connectivity index (χ0) is 40.6. The molecular weight excluding hydrogens is 725 g/mol. The molecule has 60 heavy (non-hydrogen) atoms. The van der Waals surface area contributed by atoms with Crippen molar-refractivity contribution in [3.8, 4) is 44.5 Å². The van der Waals surface area contributed by atoms with Crippen LogP contribution < -0.4 is 9.80 Å². The smallest absolute Gasteiger partial charge is 0.0493 e. The SMILES string of the molecule is C=C1/C=C\C=C/CN(c2ccc(-c3cccc(-c4ccc(N(c5ccc(-c6ccccc6)cc5)c5ccc6c(c5)C(C)(C)c5ccccc5-6)cc4)c3)cc2)c2ccccc21. The van der Waals surface area contributed by atoms with Crippen LogP contribution in [-0.2, 0) is 5.41 Å². The minimum absolute atomic E-state index is 0.0954. The average molecular weight is 771 g/mol. The van der Waals surface area contributed by atoms with E-state index in [0.29, 0.717) is 0 Å². The molecule has 0 unspecified atom stereocenters. The lowest BCUT2D eigenvalue weighted by Crippen LogP contribution is -2.18. The van der Waals surface area contributed by atoms with Crippen molar-refractivity contribution in [1.29, 1.82) is 0 Å². The predicted molar refractivity (Wildman–Crippen MR) is 256 cm³/mol. The van der Waals surface area contributed by atoms with E-state index in [4.69, 9.17) is 0 Å². The number of fused-ring (bicyclic) bond motifs is 4. The van der Waals surface area contributed by atoms with Gasteiger partial charge in [-0.15, -0.1) is 0 Å². The van der Waals surface area contributed by atoms with Gasteiger partial charge in [-0.05, 0) is 122 Å². The topological polar surface area (TPSA) is 6.48 Å². The summed E-state index contributed by atoms with van der Waals surface area (Å²) in [5.41, 5.74) is 20.3. The second kappa shape index (κ2) is 15.4. The van der Waals surface area contributed by atoms with Crippen molar-refractivity contribution in [1.82, 2.24) is 0 Å². The van der Waals surface area contributed by atoms with E-state index >= 15 is 0 Å². The van der Waals surface area contributed by atoms with Crippen molar-refractivity contribution in [3.05, 3.63) is 242 Å². The molecule has 8 aromatic carbocycles. The molecule has 0 saturated heterocycles. The normalized spacial score (nSPS) is 14.8. The number of benzene rings is 8. The van der Waals surface area contributed by atoms with E-state index in [0.717, 1.165) is 46.1 Å². The summed E-state index contributed by atoms with van der Waals surface area (Å²) in [5, 5.41) is 0. The highest BCUT2D eigenvalue weighted by Crippen LogP contribution is 2.50. The van der Waals surface area contributed by atoms with Crippen LogP contribution in [0.5, 0.6) is 0 Å². The standard InChI is InChI=1S/C58H46N2/c1-41-15-6-5-13-38-59(57-23-12-10-20-52(41)57)48-30-24-44(25-31-48)46-18-14-19-47(39-46)45-28-34-50(35-29-45)60(49-32-26-43(27-33-49)42-16-7-4-8-17-42)51-36-37-54-53-21-9-11-22-55(53)58(2,3)56(54)40-51/h4-37,39-40H,1,38H2,2-3H3/b13-5-,15-6-. The zero-order valence-electron chi connectivity index (χ0n) is 34.1. The molecule has 0 spiro atoms. The number of para-hydroxylation sites is 1. The molecule has 0 radical (unpaired) electrons. The summed E-state index contributed by atoms with van der Waals surface area (Å²) in [6, 6.07) is 70.8. The Morgan fingerprint density at radius 1 is 0.450 bits per heavy atom. The fourth-order valence-electron chi connectivity index (χ4n) is 9.06. The van der Waals surface area contributed by atoms with E-state index in [-0.39, 0.29) is 5.41 Å². The monoisotopic (exact) mass is 770 g/mol. The minimum atomic E-state index is -0.0954. The van der Waals surface area contributed by atoms with Gasteiger partial charge < -0.3 is 9.80 Å². The maximum absolute atomic E-state index is 4.34. The van der Waals surface area contributed by atoms with Crippen LogP contribution in [0.25, 0.3) is 50.1 Å². The fourth-order valence-corrected chi connectivity index (χ4v) is 9.06. The van der Waals surface area contributed by atoms with Crippen molar-refractivity contribution in [3.63, 3.8) is 0 Å². The van der Waals surface area contributed by atoms with Crippen LogP contribution >= 0.6 is 0 Å². The molecule has 1 heterocycles. The molecule has 0 atom stereocenters. The molecule has 2 nitrogen and oxygen atoms in total. The highest BCUT2D eigenvalue weighted by molar-refractivity contribution is 5.88. The highest BCUT2D eigenvalue weighted by Gasteiger charge is 2.35. The van der Waals surface area contributed by atoms with Crippen LogP contribution in [0.2, 0.25) is 0 Å². The van der Waals surface area contributed by atoms with Gasteiger partial charge in [0.15, 0.2) is 0 Å². The van der Waals surface area contributed by atoms with E-state index in [1.807, 2.05) is 0 Å². The summed E-state index contributed by atoms with van der Waals surface area (Å²) >= 11 is 0. The van der Waals surface area contributed by atoms with Gasteiger partial charge in [-0.25, -0.2) is 0 Å². The van der Waals surface area contributed by atoms with E-state index < -0.39 is 0 Å². The first-order valence-corrected chi connectivity index (χ1v) is 20.8. The molecule has 1 aliphatic carbocycles. The van der Waals surface area contributed by atoms with Gasteiger partial charge in [0.1, 0.15) is 0 Å². The lowest BCUT2D eigenvalue weighted by molar-refractivity contribution is 0.660. The summed E-state index contributed by atoms with van der Waals surface area (Å²) < 4.78 is 0. The quantitative estimate of drug-likeness (QED) is 0.159. The second-order valence-electron chi connectivity index (χ2n) is 16.3. The molecule has 0 aromatic heterocycles. The molecule has 0 N–H and O–H groups in total. The van der Waals surface area contributed by atoms with E-state index in [2.05, 4.69) is 249 Å². The fraction of sp³-hybridized carbons (Fsp3) is 0.0690. The number of allylic oxidation sites excluding steroid dienone is 4. The summed E-state index contributed by atoms with van der Waals surface area (Å²) in [6.45, 7) is 9.81. The van der Waals surface area contributed by atoms with Gasteiger partial charge >= 0.3 is 0 Å². The van der Waals surface area contributed by atoms with Crippen LogP contribution in [0.3, 0.4) is 0 Å². The molecule has 0 fully saturated rings. The lowest BCUT2D eigenvalue weighted by atomic mass is 9.82. The Kier molecular flexibility index (Phi) is 9.47. The van der Waals surface area contributed by atoms with E-state index in [1.54, 1.807) is 0 Å². The van der Waals surface area contributed by atoms with Gasteiger partial charge in [0, 0.05) is 46.0 Å². The third kappa shape index (κ3) is 6.76. The van der Waals surface area contributed by atoms with Crippen LogP contribution in [0.15, 0.2) is 225 Å². The molecule has 1 aliphatic heterocycles. The first-order valence-electron chi connectivity index (χ1n) is 20.8. The molecular formula is C58H46N2. The Morgan fingerprint density at radius 2 is 0.983 bits per heavy atom. The Balaban J connectivity index is 0.967. The molecule has 288 valence electrons. The van der Waals surface area contributed by atoms with Crippen molar-refractivity contribution < 1.29 is 0 Å². The largest absolute Gasteiger partial charge is 0.337 e. The van der Waals surface area contributed by atoms with Crippen LogP contribution in [-0.4, -0.2) is 6.54 Å². The number of nitrogens with zero attached hydrogens (tertiary/aromatic N) is 2. The zero-order valence-corrected chi connectivity index (χ0v) is 34.1. The maximum Gasteiger partial charge on any atom is 0.0493 e. The molecule has 0 bridgehead atoms. The van der Waals surface area contributed by atoms with Gasteiger partial charge in [0.25, 0.3) is 0 Å². The van der Waals surface area contributed by atoms with Crippen molar-refractivity contribution >= 4 is 34.0 Å². The van der Waals surface area contributed by atoms with Gasteiger partial charge in [-0.1, -0.05) is 178 Å². The molecule has 8 aromatic rings. The number of hydrogen-bond acceptors (Lipinski definition) is 2. The number of rotatable bonds is 7. The maximum atomic E-state index is 4.34. The second-order valence-corrected chi connectivity index (χ2v) is 16.3. The Morgan fingerprint density at radius 3 is 1.68 bits per heavy atom. The van der Waals surface area contributed by atoms with Crippen LogP contribution in [0, 0.1) is 0 Å². The van der Waals surface area contributed by atoms with Gasteiger partial charge in [-0.2, -0.15) is 0 Å². The molecule has 0 amide bonds. The number of hydrogen-bond donors (Lipinski definition) is 0. The molecule has 10 rings (SSSR count). The summed E-state index contributed by atoms with van der Waals surface area (Å²) in [7, 11) is 0. The van der Waals surface area contributed by atoms with Crippen LogP contribution in [0.1, 0.15) is 30.5 Å². The third-order valence-electron chi connectivity index (χ3n) is 12.3. The Hall–Kier alpha value is -7.42. The Bertz CT molecular complexity index is 2910. The average Bonchev–Trinajstić information content (AvgIpc) is 3.57. The van der Waals surface area contributed by atoms with E-state index in [1.165, 1.54) is 55.6 Å². The highest BCUT2D eigenvalue weighted by atomic mass is 15.1. The summed E-state index contributed by atoms with van der Waals surface area (Å²) in [6.07, 6.45) is 8.45. The summed E-state index contributed by atoms with van der Waals surface area (Å²) in [5.74, 6) is 0. The third-order valence-corrected chi connectivity index (χ3v) is 12.3. The van der Waals surface area contributed by atoms with Crippen molar-refractivity contribution in [2.75, 3.05) is 16.3 Å². The van der Waals surface area contributed by atoms with Crippen molar-refractivity contribution in [2.24, 2.45) is 0 Å². The van der Waals surface area contributed by atoms with Crippen molar-refractivity contribution in [2.45, 2.75) is 19.3 Å². The van der Waals surface area contributed by atoms with Gasteiger partial charge in [0.05, 0.1) is 0 Å². The molecule has 2 heteroatoms. The molecule has 0 saturated carbocycles. The number of anilines is 5. The molecule has 2 aliphatic rings. The van der Waals surface area contributed by atoms with Crippen LogP contribution in [0.4, 0.5) is 28.4 Å². The predicted octanol–water partition coefficient (Wildman–Crippen LogP) is 15.7. The van der Waals surface area contributed by atoms with Gasteiger partial charge in [0.2, 0.25) is 0 Å². The van der Waals surface area contributed by atoms with Gasteiger partial charge in [-0.3, -0.25) is 0 Å². The minimum Gasteiger partial charge on any atom is -0.337 e. The first kappa shape index (κ1) is 36.9.